The van der Waals surface area contributed by atoms with Crippen molar-refractivity contribution in [1.82, 2.24) is 4.90 Å². The van der Waals surface area contributed by atoms with Crippen LogP contribution in [0.5, 0.6) is 0 Å². The van der Waals surface area contributed by atoms with Gasteiger partial charge >= 0.3 is 0 Å². The zero-order chi connectivity index (χ0) is 14.9. The molecule has 1 aromatic carbocycles. The second kappa shape index (κ2) is 6.05. The molecule has 2 aliphatic rings. The third kappa shape index (κ3) is 2.86. The van der Waals surface area contributed by atoms with E-state index in [1.165, 1.54) is 44.2 Å². The second-order valence-electron chi connectivity index (χ2n) is 6.82. The molecule has 0 amide bonds. The van der Waals surface area contributed by atoms with Crippen LogP contribution < -0.4 is 0 Å². The molecule has 1 aromatic rings. The Kier molecular flexibility index (Phi) is 4.32. The molecule has 0 spiro atoms. The summed E-state index contributed by atoms with van der Waals surface area (Å²) in [5.74, 6) is -0.240. The van der Waals surface area contributed by atoms with E-state index in [-0.39, 0.29) is 11.4 Å². The molecule has 21 heavy (non-hydrogen) atoms. The molecule has 2 fully saturated rings. The maximum atomic E-state index is 13.7. The normalized spacial score (nSPS) is 24.1. The number of nitrogens with zero attached hydrogens (tertiary/aromatic N) is 1. The Hall–Kier alpha value is -0.930. The summed E-state index contributed by atoms with van der Waals surface area (Å²) in [6.45, 7) is 4.04. The molecule has 1 aliphatic carbocycles. The summed E-state index contributed by atoms with van der Waals surface area (Å²) < 4.78 is 13.7. The first-order chi connectivity index (χ1) is 10.1. The lowest BCUT2D eigenvalue weighted by atomic mass is 9.82. The van der Waals surface area contributed by atoms with Gasteiger partial charge in [-0.25, -0.2) is 4.39 Å². The number of halogens is 1. The van der Waals surface area contributed by atoms with Crippen LogP contribution >= 0.6 is 0 Å². The van der Waals surface area contributed by atoms with Crippen LogP contribution in [-0.4, -0.2) is 28.6 Å². The summed E-state index contributed by atoms with van der Waals surface area (Å²) in [5, 5.41) is 11.1. The van der Waals surface area contributed by atoms with Gasteiger partial charge in [-0.05, 0) is 69.0 Å². The molecule has 0 radical (unpaired) electrons. The highest BCUT2D eigenvalue weighted by Crippen LogP contribution is 2.45. The number of likely N-dealkylation sites (tertiary alicyclic amines) is 1. The van der Waals surface area contributed by atoms with Crippen molar-refractivity contribution < 1.29 is 9.50 Å². The minimum atomic E-state index is -0.576. The van der Waals surface area contributed by atoms with Crippen molar-refractivity contribution in [2.45, 2.75) is 63.5 Å². The summed E-state index contributed by atoms with van der Waals surface area (Å²) in [4.78, 5) is 2.49. The Balaban J connectivity index is 1.92. The van der Waals surface area contributed by atoms with Crippen LogP contribution in [0.4, 0.5) is 4.39 Å². The lowest BCUT2D eigenvalue weighted by molar-refractivity contribution is -0.0406. The predicted octanol–water partition coefficient (Wildman–Crippen LogP) is 3.97. The fraction of sp³-hybridized carbons (Fsp3) is 0.667. The van der Waals surface area contributed by atoms with Crippen molar-refractivity contribution in [3.8, 4) is 0 Å². The van der Waals surface area contributed by atoms with Crippen LogP contribution in [0, 0.1) is 12.7 Å². The minimum Gasteiger partial charge on any atom is -0.386 e. The fourth-order valence-electron chi connectivity index (χ4n) is 4.32. The number of hydrogen-bond acceptors (Lipinski definition) is 2. The molecule has 2 nitrogen and oxygen atoms in total. The van der Waals surface area contributed by atoms with Crippen LogP contribution in [0.3, 0.4) is 0 Å². The van der Waals surface area contributed by atoms with E-state index in [1.54, 1.807) is 0 Å². The highest BCUT2D eigenvalue weighted by atomic mass is 19.1. The molecule has 1 unspecified atom stereocenters. The fourth-order valence-corrected chi connectivity index (χ4v) is 4.32. The molecule has 3 heteroatoms. The van der Waals surface area contributed by atoms with Gasteiger partial charge in [-0.2, -0.15) is 0 Å². The van der Waals surface area contributed by atoms with Gasteiger partial charge in [0.05, 0.1) is 11.6 Å². The SMILES string of the molecule is Cc1cc(F)cc(C(O)C2(N3CCCCC3)CCCC2)c1. The summed E-state index contributed by atoms with van der Waals surface area (Å²) in [6, 6.07) is 4.98. The Morgan fingerprint density at radius 1 is 1.05 bits per heavy atom. The van der Waals surface area contributed by atoms with Crippen molar-refractivity contribution in [3.05, 3.63) is 35.1 Å². The molecule has 3 rings (SSSR count). The molecule has 1 atom stereocenters. The largest absolute Gasteiger partial charge is 0.386 e. The Morgan fingerprint density at radius 3 is 2.33 bits per heavy atom. The number of aliphatic hydroxyl groups excluding tert-OH is 1. The topological polar surface area (TPSA) is 23.5 Å². The van der Waals surface area contributed by atoms with Crippen molar-refractivity contribution >= 4 is 0 Å². The molecule has 116 valence electrons. The number of aryl methyl sites for hydroxylation is 1. The second-order valence-corrected chi connectivity index (χ2v) is 6.82. The zero-order valence-electron chi connectivity index (χ0n) is 12.9. The smallest absolute Gasteiger partial charge is 0.123 e. The first kappa shape index (κ1) is 15.0. The number of hydrogen-bond donors (Lipinski definition) is 1. The van der Waals surface area contributed by atoms with Gasteiger partial charge in [-0.15, -0.1) is 0 Å². The molecule has 1 N–H and O–H groups in total. The van der Waals surface area contributed by atoms with Gasteiger partial charge < -0.3 is 5.11 Å². The lowest BCUT2D eigenvalue weighted by Crippen LogP contribution is -2.53. The summed E-state index contributed by atoms with van der Waals surface area (Å²) >= 11 is 0. The Bertz CT molecular complexity index is 470. The van der Waals surface area contributed by atoms with E-state index < -0.39 is 6.10 Å². The van der Waals surface area contributed by atoms with Crippen LogP contribution in [-0.2, 0) is 0 Å². The third-order valence-electron chi connectivity index (χ3n) is 5.34. The van der Waals surface area contributed by atoms with Crippen LogP contribution in [0.2, 0.25) is 0 Å². The van der Waals surface area contributed by atoms with Crippen molar-refractivity contribution in [2.24, 2.45) is 0 Å². The minimum absolute atomic E-state index is 0.166. The van der Waals surface area contributed by atoms with Gasteiger partial charge in [0.25, 0.3) is 0 Å². The summed E-state index contributed by atoms with van der Waals surface area (Å²) in [5.41, 5.74) is 1.47. The Morgan fingerprint density at radius 2 is 1.71 bits per heavy atom. The first-order valence-corrected chi connectivity index (χ1v) is 8.32. The maximum Gasteiger partial charge on any atom is 0.123 e. The predicted molar refractivity (Wildman–Crippen MR) is 82.7 cm³/mol. The van der Waals surface area contributed by atoms with Crippen LogP contribution in [0.15, 0.2) is 18.2 Å². The maximum absolute atomic E-state index is 13.7. The van der Waals surface area contributed by atoms with E-state index in [1.807, 2.05) is 13.0 Å². The third-order valence-corrected chi connectivity index (χ3v) is 5.34. The van der Waals surface area contributed by atoms with Gasteiger partial charge in [0.1, 0.15) is 5.82 Å². The monoisotopic (exact) mass is 291 g/mol. The van der Waals surface area contributed by atoms with Crippen LogP contribution in [0.1, 0.15) is 62.2 Å². The number of benzene rings is 1. The summed E-state index contributed by atoms with van der Waals surface area (Å²) in [6.07, 6.45) is 7.55. The van der Waals surface area contributed by atoms with Gasteiger partial charge in [0.15, 0.2) is 0 Å². The molecule has 0 bridgehead atoms. The standard InChI is InChI=1S/C18H26FNO/c1-14-11-15(13-16(19)12-14)17(21)18(7-3-4-8-18)20-9-5-2-6-10-20/h11-13,17,21H,2-10H2,1H3. The Labute approximate surface area is 127 Å². The van der Waals surface area contributed by atoms with Gasteiger partial charge in [0.2, 0.25) is 0 Å². The van der Waals surface area contributed by atoms with E-state index in [2.05, 4.69) is 4.90 Å². The van der Waals surface area contributed by atoms with E-state index >= 15 is 0 Å². The van der Waals surface area contributed by atoms with E-state index in [0.717, 1.165) is 37.1 Å². The molecular formula is C18H26FNO. The van der Waals surface area contributed by atoms with Crippen molar-refractivity contribution in [1.29, 1.82) is 0 Å². The zero-order valence-corrected chi connectivity index (χ0v) is 12.9. The molecule has 1 saturated carbocycles. The van der Waals surface area contributed by atoms with Crippen LogP contribution in [0.25, 0.3) is 0 Å². The highest BCUT2D eigenvalue weighted by Gasteiger charge is 2.46. The van der Waals surface area contributed by atoms with E-state index in [9.17, 15) is 9.50 Å². The quantitative estimate of drug-likeness (QED) is 0.911. The number of rotatable bonds is 3. The van der Waals surface area contributed by atoms with E-state index in [4.69, 9.17) is 0 Å². The highest BCUT2D eigenvalue weighted by molar-refractivity contribution is 5.28. The molecular weight excluding hydrogens is 265 g/mol. The lowest BCUT2D eigenvalue weighted by Gasteiger charge is -2.46. The molecule has 1 heterocycles. The molecule has 0 aromatic heterocycles. The average molecular weight is 291 g/mol. The van der Waals surface area contributed by atoms with Crippen molar-refractivity contribution in [3.63, 3.8) is 0 Å². The van der Waals surface area contributed by atoms with Gasteiger partial charge in [-0.1, -0.05) is 25.3 Å². The number of aliphatic hydroxyl groups is 1. The first-order valence-electron chi connectivity index (χ1n) is 8.32. The molecule has 1 saturated heterocycles. The number of piperidine rings is 1. The van der Waals surface area contributed by atoms with Crippen molar-refractivity contribution in [2.75, 3.05) is 13.1 Å². The average Bonchev–Trinajstić information content (AvgIpc) is 2.97. The van der Waals surface area contributed by atoms with E-state index in [0.29, 0.717) is 0 Å². The molecule has 1 aliphatic heterocycles. The summed E-state index contributed by atoms with van der Waals surface area (Å²) in [7, 11) is 0. The van der Waals surface area contributed by atoms with Gasteiger partial charge in [-0.3, -0.25) is 4.90 Å². The van der Waals surface area contributed by atoms with Gasteiger partial charge in [0, 0.05) is 0 Å².